The van der Waals surface area contributed by atoms with Crippen molar-refractivity contribution in [2.75, 3.05) is 0 Å². The van der Waals surface area contributed by atoms with Gasteiger partial charge in [0.25, 0.3) is 0 Å². The highest BCUT2D eigenvalue weighted by Gasteiger charge is 2.11. The van der Waals surface area contributed by atoms with Crippen LogP contribution in [0.15, 0.2) is 54.3 Å². The lowest BCUT2D eigenvalue weighted by Crippen LogP contribution is -2.29. The molecule has 1 aromatic heterocycles. The molecule has 0 bridgehead atoms. The molecule has 1 aliphatic carbocycles. The summed E-state index contributed by atoms with van der Waals surface area (Å²) in [7, 11) is -1.44. The Morgan fingerprint density at radius 1 is 1.14 bits per heavy atom. The molecule has 0 saturated heterocycles. The third kappa shape index (κ3) is 3.29. The maximum Gasteiger partial charge on any atom is 0.488 e. The molecule has 0 unspecified atom stereocenters. The van der Waals surface area contributed by atoms with E-state index in [0.717, 1.165) is 30.6 Å². The van der Waals surface area contributed by atoms with E-state index in [1.807, 2.05) is 23.0 Å². The minimum atomic E-state index is -1.44. The highest BCUT2D eigenvalue weighted by atomic mass is 16.4. The van der Waals surface area contributed by atoms with Gasteiger partial charge in [0.1, 0.15) is 5.69 Å². The first-order valence-corrected chi connectivity index (χ1v) is 6.94. The third-order valence-corrected chi connectivity index (χ3v) is 3.46. The molecule has 0 radical (unpaired) electrons. The second-order valence-corrected chi connectivity index (χ2v) is 5.06. The Bertz CT molecular complexity index is 674. The first kappa shape index (κ1) is 13.8. The Morgan fingerprint density at radius 3 is 2.62 bits per heavy atom. The third-order valence-electron chi connectivity index (χ3n) is 3.46. The predicted octanol–water partition coefficient (Wildman–Crippen LogP) is 0.901. The zero-order valence-corrected chi connectivity index (χ0v) is 11.6. The van der Waals surface area contributed by atoms with E-state index < -0.39 is 7.12 Å². The molecule has 0 aliphatic heterocycles. The van der Waals surface area contributed by atoms with Gasteiger partial charge in [0.2, 0.25) is 0 Å². The van der Waals surface area contributed by atoms with Gasteiger partial charge in [-0.2, -0.15) is 0 Å². The average Bonchev–Trinajstić information content (AvgIpc) is 2.97. The van der Waals surface area contributed by atoms with Gasteiger partial charge in [0.05, 0.1) is 12.7 Å². The van der Waals surface area contributed by atoms with Crippen LogP contribution in [0.5, 0.6) is 0 Å². The summed E-state index contributed by atoms with van der Waals surface area (Å²) in [5.41, 5.74) is 3.38. The lowest BCUT2D eigenvalue weighted by atomic mass is 9.80. The van der Waals surface area contributed by atoms with Crippen molar-refractivity contribution < 1.29 is 10.0 Å². The van der Waals surface area contributed by atoms with Crippen molar-refractivity contribution >= 4 is 12.6 Å². The first-order chi connectivity index (χ1) is 10.2. The molecule has 0 atom stereocenters. The molecule has 0 amide bonds. The van der Waals surface area contributed by atoms with Gasteiger partial charge in [0.15, 0.2) is 0 Å². The van der Waals surface area contributed by atoms with Crippen LogP contribution < -0.4 is 5.46 Å². The van der Waals surface area contributed by atoms with Crippen molar-refractivity contribution in [3.8, 4) is 11.3 Å². The van der Waals surface area contributed by atoms with Crippen LogP contribution in [0.25, 0.3) is 11.3 Å². The van der Waals surface area contributed by atoms with Crippen LogP contribution >= 0.6 is 0 Å². The topological polar surface area (TPSA) is 71.2 Å². The van der Waals surface area contributed by atoms with Crippen LogP contribution in [-0.2, 0) is 6.54 Å². The van der Waals surface area contributed by atoms with Crippen LogP contribution in [0.4, 0.5) is 0 Å². The molecule has 5 nitrogen and oxygen atoms in total. The average molecular weight is 281 g/mol. The van der Waals surface area contributed by atoms with Crippen molar-refractivity contribution in [2.24, 2.45) is 0 Å². The summed E-state index contributed by atoms with van der Waals surface area (Å²) in [5.74, 6) is 0. The van der Waals surface area contributed by atoms with Gasteiger partial charge in [-0.25, -0.2) is 4.68 Å². The molecular formula is C15H16BN3O2. The molecule has 21 heavy (non-hydrogen) atoms. The van der Waals surface area contributed by atoms with Gasteiger partial charge in [-0.1, -0.05) is 47.7 Å². The first-order valence-electron chi connectivity index (χ1n) is 6.94. The minimum absolute atomic E-state index is 0.462. The SMILES string of the molecule is OB(O)c1ccc(-c2cn(CC3=CCCC=C3)nn2)cc1. The van der Waals surface area contributed by atoms with E-state index in [-0.39, 0.29) is 0 Å². The quantitative estimate of drug-likeness (QED) is 0.817. The fourth-order valence-corrected chi connectivity index (χ4v) is 2.31. The summed E-state index contributed by atoms with van der Waals surface area (Å²) >= 11 is 0. The zero-order valence-electron chi connectivity index (χ0n) is 11.6. The second kappa shape index (κ2) is 6.07. The van der Waals surface area contributed by atoms with E-state index in [1.165, 1.54) is 5.57 Å². The van der Waals surface area contributed by atoms with Gasteiger partial charge in [-0.3, -0.25) is 0 Å². The Labute approximate surface area is 123 Å². The number of allylic oxidation sites excluding steroid dienone is 4. The molecule has 0 fully saturated rings. The van der Waals surface area contributed by atoms with Crippen molar-refractivity contribution in [3.63, 3.8) is 0 Å². The molecule has 0 spiro atoms. The lowest BCUT2D eigenvalue weighted by Gasteiger charge is -2.05. The fraction of sp³-hybridized carbons (Fsp3) is 0.200. The van der Waals surface area contributed by atoms with E-state index in [2.05, 4.69) is 28.5 Å². The predicted molar refractivity (Wildman–Crippen MR) is 81.7 cm³/mol. The van der Waals surface area contributed by atoms with Crippen LogP contribution in [0, 0.1) is 0 Å². The number of aromatic nitrogens is 3. The van der Waals surface area contributed by atoms with Gasteiger partial charge in [-0.15, -0.1) is 5.10 Å². The summed E-state index contributed by atoms with van der Waals surface area (Å²) in [6.45, 7) is 0.719. The van der Waals surface area contributed by atoms with Crippen LogP contribution in [0.2, 0.25) is 0 Å². The maximum atomic E-state index is 9.08. The normalized spacial score (nSPS) is 14.1. The number of hydrogen-bond acceptors (Lipinski definition) is 4. The summed E-state index contributed by atoms with van der Waals surface area (Å²) < 4.78 is 1.81. The molecule has 106 valence electrons. The van der Waals surface area contributed by atoms with E-state index >= 15 is 0 Å². The highest BCUT2D eigenvalue weighted by Crippen LogP contribution is 2.16. The molecule has 6 heteroatoms. The zero-order chi connectivity index (χ0) is 14.7. The smallest absolute Gasteiger partial charge is 0.423 e. The molecule has 2 aromatic rings. The Kier molecular flexibility index (Phi) is 3.99. The minimum Gasteiger partial charge on any atom is -0.423 e. The number of nitrogens with zero attached hydrogens (tertiary/aromatic N) is 3. The Hall–Kier alpha value is -2.18. The molecule has 2 N–H and O–H groups in total. The Balaban J connectivity index is 1.75. The lowest BCUT2D eigenvalue weighted by molar-refractivity contribution is 0.426. The summed E-state index contributed by atoms with van der Waals surface area (Å²) in [6, 6.07) is 6.96. The van der Waals surface area contributed by atoms with Crippen molar-refractivity contribution in [2.45, 2.75) is 19.4 Å². The van der Waals surface area contributed by atoms with Crippen molar-refractivity contribution in [1.29, 1.82) is 0 Å². The summed E-state index contributed by atoms with van der Waals surface area (Å²) in [5, 5.41) is 26.5. The van der Waals surface area contributed by atoms with Crippen LogP contribution in [0.3, 0.4) is 0 Å². The molecule has 1 aliphatic rings. The standard InChI is InChI=1S/C15H16BN3O2/c20-16(21)14-8-6-13(7-9-14)15-11-19(18-17-15)10-12-4-2-1-3-5-12/h2,4-9,11,20-21H,1,3,10H2. The molecule has 1 heterocycles. The maximum absolute atomic E-state index is 9.08. The van der Waals surface area contributed by atoms with E-state index in [4.69, 9.17) is 10.0 Å². The number of hydrogen-bond donors (Lipinski definition) is 2. The number of benzene rings is 1. The van der Waals surface area contributed by atoms with Gasteiger partial charge in [0, 0.05) is 5.56 Å². The summed E-state index contributed by atoms with van der Waals surface area (Å²) in [4.78, 5) is 0. The fourth-order valence-electron chi connectivity index (χ4n) is 2.31. The van der Waals surface area contributed by atoms with Gasteiger partial charge >= 0.3 is 7.12 Å². The Morgan fingerprint density at radius 2 is 1.95 bits per heavy atom. The molecule has 3 rings (SSSR count). The second-order valence-electron chi connectivity index (χ2n) is 5.06. The van der Waals surface area contributed by atoms with Crippen LogP contribution in [0.1, 0.15) is 12.8 Å². The van der Waals surface area contributed by atoms with E-state index in [1.54, 1.807) is 12.1 Å². The van der Waals surface area contributed by atoms with E-state index in [9.17, 15) is 0 Å². The molecule has 0 saturated carbocycles. The van der Waals surface area contributed by atoms with E-state index in [0.29, 0.717) is 5.46 Å². The van der Waals surface area contributed by atoms with Crippen molar-refractivity contribution in [1.82, 2.24) is 15.0 Å². The van der Waals surface area contributed by atoms with Gasteiger partial charge in [-0.05, 0) is 23.9 Å². The highest BCUT2D eigenvalue weighted by molar-refractivity contribution is 6.58. The van der Waals surface area contributed by atoms with Gasteiger partial charge < -0.3 is 10.0 Å². The summed E-state index contributed by atoms with van der Waals surface area (Å²) in [6.07, 6.45) is 10.6. The molecule has 1 aromatic carbocycles. The van der Waals surface area contributed by atoms with Crippen LogP contribution in [-0.4, -0.2) is 32.2 Å². The monoisotopic (exact) mass is 281 g/mol. The van der Waals surface area contributed by atoms with Crippen molar-refractivity contribution in [3.05, 3.63) is 54.3 Å². The largest absolute Gasteiger partial charge is 0.488 e. The number of rotatable bonds is 4. The molecular weight excluding hydrogens is 265 g/mol.